The van der Waals surface area contributed by atoms with E-state index in [4.69, 9.17) is 9.42 Å². The Bertz CT molecular complexity index is 172. The summed E-state index contributed by atoms with van der Waals surface area (Å²) in [6.45, 7) is 5.02. The third-order valence-corrected chi connectivity index (χ3v) is 2.70. The van der Waals surface area contributed by atoms with Gasteiger partial charge in [0.15, 0.2) is 0 Å². The lowest BCUT2D eigenvalue weighted by Crippen LogP contribution is -2.14. The normalized spacial score (nSPS) is 17.8. The van der Waals surface area contributed by atoms with Gasteiger partial charge < -0.3 is 9.42 Å². The van der Waals surface area contributed by atoms with Crippen molar-refractivity contribution in [1.29, 1.82) is 0 Å². The molecule has 68 valence electrons. The molecule has 0 saturated heterocycles. The van der Waals surface area contributed by atoms with Gasteiger partial charge in [0.1, 0.15) is 0 Å². The average Bonchev–Trinajstić information content (AvgIpc) is 1.53. The summed E-state index contributed by atoms with van der Waals surface area (Å²) in [6, 6.07) is 0. The Kier molecular flexibility index (Phi) is 4.52. The van der Waals surface area contributed by atoms with Crippen LogP contribution in [0, 0.1) is 0 Å². The van der Waals surface area contributed by atoms with E-state index in [-0.39, 0.29) is 0 Å². The van der Waals surface area contributed by atoms with Crippen molar-refractivity contribution >= 4 is 16.5 Å². The van der Waals surface area contributed by atoms with Crippen molar-refractivity contribution in [3.05, 3.63) is 0 Å². The molecular weight excluding hydrogens is 190 g/mol. The highest BCUT2D eigenvalue weighted by atomic mass is 31.2. The standard InChI is InChI=1S/C4H12O5P2/c1-4(2,3)8-11(7)9-10(5)6/h10-11H,1-3H3,(H,5,6). The Morgan fingerprint density at radius 3 is 2.00 bits per heavy atom. The predicted octanol–water partition coefficient (Wildman–Crippen LogP) is 1.59. The lowest BCUT2D eigenvalue weighted by Gasteiger charge is -2.17. The molecule has 0 rings (SSSR count). The van der Waals surface area contributed by atoms with E-state index in [0.717, 1.165) is 0 Å². The molecule has 0 radical (unpaired) electrons. The van der Waals surface area contributed by atoms with E-state index in [2.05, 4.69) is 4.31 Å². The molecule has 0 spiro atoms. The van der Waals surface area contributed by atoms with Crippen LogP contribution in [-0.2, 0) is 18.0 Å². The maximum atomic E-state index is 10.7. The Morgan fingerprint density at radius 2 is 1.73 bits per heavy atom. The molecule has 0 aliphatic heterocycles. The van der Waals surface area contributed by atoms with E-state index in [0.29, 0.717) is 0 Å². The lowest BCUT2D eigenvalue weighted by atomic mass is 10.2. The molecule has 0 aliphatic carbocycles. The number of hydrogen-bond acceptors (Lipinski definition) is 4. The van der Waals surface area contributed by atoms with Crippen LogP contribution in [0.4, 0.5) is 0 Å². The van der Waals surface area contributed by atoms with Gasteiger partial charge >= 0.3 is 16.5 Å². The predicted molar refractivity (Wildman–Crippen MR) is 42.1 cm³/mol. The zero-order valence-corrected chi connectivity index (χ0v) is 8.58. The Labute approximate surface area is 66.6 Å². The fourth-order valence-corrected chi connectivity index (χ4v) is 1.58. The van der Waals surface area contributed by atoms with Crippen LogP contribution in [0.5, 0.6) is 0 Å². The molecular formula is C4H12O5P2. The van der Waals surface area contributed by atoms with Crippen molar-refractivity contribution in [1.82, 2.24) is 0 Å². The Balaban J connectivity index is 3.80. The molecule has 0 aliphatic rings. The van der Waals surface area contributed by atoms with Crippen LogP contribution in [0.25, 0.3) is 0 Å². The molecule has 1 N–H and O–H groups in total. The summed E-state index contributed by atoms with van der Waals surface area (Å²) in [5, 5.41) is 0. The van der Waals surface area contributed by atoms with Gasteiger partial charge in [-0.25, -0.2) is 4.31 Å². The molecule has 0 amide bonds. The van der Waals surface area contributed by atoms with Crippen molar-refractivity contribution in [2.45, 2.75) is 26.4 Å². The van der Waals surface area contributed by atoms with E-state index in [1.54, 1.807) is 20.8 Å². The van der Waals surface area contributed by atoms with Gasteiger partial charge in [0, 0.05) is 0 Å². The SMILES string of the molecule is CC(C)(C)O[PH](=O)O[PH](=O)O. The monoisotopic (exact) mass is 202 g/mol. The van der Waals surface area contributed by atoms with E-state index in [1.807, 2.05) is 0 Å². The van der Waals surface area contributed by atoms with E-state index >= 15 is 0 Å². The maximum absolute atomic E-state index is 10.7. The minimum Gasteiger partial charge on any atom is -0.326 e. The molecule has 2 unspecified atom stereocenters. The van der Waals surface area contributed by atoms with Crippen LogP contribution >= 0.6 is 16.5 Å². The minimum absolute atomic E-state index is 0.618. The first kappa shape index (κ1) is 11.3. The Hall–Kier alpha value is 0.340. The molecule has 2 atom stereocenters. The molecule has 0 bridgehead atoms. The van der Waals surface area contributed by atoms with Gasteiger partial charge in [-0.3, -0.25) is 9.13 Å². The number of hydrogen-bond donors (Lipinski definition) is 1. The van der Waals surface area contributed by atoms with Crippen LogP contribution < -0.4 is 0 Å². The second-order valence-electron chi connectivity index (χ2n) is 2.83. The highest BCUT2D eigenvalue weighted by Gasteiger charge is 2.15. The Morgan fingerprint density at radius 1 is 1.27 bits per heavy atom. The summed E-state index contributed by atoms with van der Waals surface area (Å²) in [5.74, 6) is 0. The first-order valence-electron chi connectivity index (χ1n) is 2.95. The van der Waals surface area contributed by atoms with E-state index in [9.17, 15) is 9.13 Å². The minimum atomic E-state index is -3.15. The summed E-state index contributed by atoms with van der Waals surface area (Å²) in [6.07, 6.45) is 0. The second kappa shape index (κ2) is 4.39. The van der Waals surface area contributed by atoms with Gasteiger partial charge in [-0.05, 0) is 20.8 Å². The van der Waals surface area contributed by atoms with Gasteiger partial charge in [0.25, 0.3) is 0 Å². The summed E-state index contributed by atoms with van der Waals surface area (Å²) in [7, 11) is -5.96. The van der Waals surface area contributed by atoms with E-state index in [1.165, 1.54) is 0 Å². The molecule has 0 aromatic rings. The fraction of sp³-hybridized carbons (Fsp3) is 1.00. The van der Waals surface area contributed by atoms with Gasteiger partial charge in [-0.1, -0.05) is 0 Å². The highest BCUT2D eigenvalue weighted by Crippen LogP contribution is 2.39. The first-order valence-corrected chi connectivity index (χ1v) is 5.44. The van der Waals surface area contributed by atoms with Gasteiger partial charge in [0.2, 0.25) is 0 Å². The third-order valence-electron chi connectivity index (χ3n) is 0.560. The topological polar surface area (TPSA) is 72.8 Å². The molecule has 7 heteroatoms. The lowest BCUT2D eigenvalue weighted by molar-refractivity contribution is 0.125. The zero-order chi connectivity index (χ0) is 9.07. The van der Waals surface area contributed by atoms with Crippen molar-refractivity contribution in [2.24, 2.45) is 0 Å². The third kappa shape index (κ3) is 8.24. The van der Waals surface area contributed by atoms with Crippen molar-refractivity contribution < 1.29 is 22.9 Å². The van der Waals surface area contributed by atoms with Crippen LogP contribution in [0.3, 0.4) is 0 Å². The average molecular weight is 202 g/mol. The van der Waals surface area contributed by atoms with Gasteiger partial charge in [-0.15, -0.1) is 0 Å². The van der Waals surface area contributed by atoms with Gasteiger partial charge in [0.05, 0.1) is 5.60 Å². The second-order valence-corrected chi connectivity index (χ2v) is 4.88. The maximum Gasteiger partial charge on any atom is 0.326 e. The molecule has 0 saturated carbocycles. The smallest absolute Gasteiger partial charge is 0.326 e. The van der Waals surface area contributed by atoms with Gasteiger partial charge in [-0.2, -0.15) is 0 Å². The highest BCUT2D eigenvalue weighted by molar-refractivity contribution is 7.47. The summed E-state index contributed by atoms with van der Waals surface area (Å²) in [5.41, 5.74) is -0.618. The quantitative estimate of drug-likeness (QED) is 0.703. The van der Waals surface area contributed by atoms with Crippen LogP contribution in [0.1, 0.15) is 20.8 Å². The summed E-state index contributed by atoms with van der Waals surface area (Å²) in [4.78, 5) is 8.19. The van der Waals surface area contributed by atoms with Crippen LogP contribution in [0.2, 0.25) is 0 Å². The van der Waals surface area contributed by atoms with E-state index < -0.39 is 22.1 Å². The van der Waals surface area contributed by atoms with Crippen LogP contribution in [0.15, 0.2) is 0 Å². The zero-order valence-electron chi connectivity index (χ0n) is 6.58. The molecule has 0 aromatic heterocycles. The summed E-state index contributed by atoms with van der Waals surface area (Å²) >= 11 is 0. The summed E-state index contributed by atoms with van der Waals surface area (Å²) < 4.78 is 29.5. The fourth-order valence-electron chi connectivity index (χ4n) is 0.342. The van der Waals surface area contributed by atoms with Crippen molar-refractivity contribution in [3.63, 3.8) is 0 Å². The molecule has 5 nitrogen and oxygen atoms in total. The van der Waals surface area contributed by atoms with Crippen molar-refractivity contribution in [3.8, 4) is 0 Å². The molecule has 11 heavy (non-hydrogen) atoms. The number of rotatable bonds is 3. The largest absolute Gasteiger partial charge is 0.326 e. The van der Waals surface area contributed by atoms with Crippen LogP contribution in [-0.4, -0.2) is 10.5 Å². The first-order chi connectivity index (χ1) is 4.81. The molecule has 0 aromatic carbocycles. The van der Waals surface area contributed by atoms with Crippen molar-refractivity contribution in [2.75, 3.05) is 0 Å². The molecule has 0 heterocycles. The molecule has 0 fully saturated rings.